The molecule has 2 aromatic rings. The molecule has 0 aromatic carbocycles. The SMILES string of the molecule is CNCc1nccn1Cc1cncc(F)c1. The van der Waals surface area contributed by atoms with Crippen LogP contribution in [0.2, 0.25) is 0 Å². The van der Waals surface area contributed by atoms with Crippen LogP contribution in [0, 0.1) is 5.82 Å². The van der Waals surface area contributed by atoms with E-state index in [4.69, 9.17) is 0 Å². The van der Waals surface area contributed by atoms with Gasteiger partial charge in [-0.3, -0.25) is 4.98 Å². The van der Waals surface area contributed by atoms with Crippen molar-refractivity contribution in [1.82, 2.24) is 19.9 Å². The zero-order valence-electron chi connectivity index (χ0n) is 9.02. The number of pyridine rings is 1. The van der Waals surface area contributed by atoms with E-state index in [1.54, 1.807) is 12.4 Å². The van der Waals surface area contributed by atoms with Gasteiger partial charge >= 0.3 is 0 Å². The molecule has 2 aromatic heterocycles. The maximum absolute atomic E-state index is 12.9. The van der Waals surface area contributed by atoms with Crippen LogP contribution in [0.3, 0.4) is 0 Å². The Morgan fingerprint density at radius 2 is 2.31 bits per heavy atom. The molecule has 0 amide bonds. The van der Waals surface area contributed by atoms with E-state index in [1.807, 2.05) is 17.8 Å². The summed E-state index contributed by atoms with van der Waals surface area (Å²) in [6.45, 7) is 1.28. The van der Waals surface area contributed by atoms with E-state index in [2.05, 4.69) is 15.3 Å². The highest BCUT2D eigenvalue weighted by atomic mass is 19.1. The molecule has 1 N–H and O–H groups in total. The van der Waals surface area contributed by atoms with Crippen molar-refractivity contribution >= 4 is 0 Å². The molecule has 0 atom stereocenters. The molecule has 2 rings (SSSR count). The molecule has 5 heteroatoms. The molecule has 0 aliphatic heterocycles. The number of nitrogens with one attached hydrogen (secondary N) is 1. The van der Waals surface area contributed by atoms with E-state index in [9.17, 15) is 4.39 Å². The lowest BCUT2D eigenvalue weighted by Gasteiger charge is -2.07. The Balaban J connectivity index is 2.17. The van der Waals surface area contributed by atoms with Crippen LogP contribution >= 0.6 is 0 Å². The van der Waals surface area contributed by atoms with Gasteiger partial charge in [-0.05, 0) is 18.7 Å². The normalized spacial score (nSPS) is 10.6. The lowest BCUT2D eigenvalue weighted by Crippen LogP contribution is -2.12. The minimum atomic E-state index is -0.312. The zero-order chi connectivity index (χ0) is 11.4. The van der Waals surface area contributed by atoms with E-state index in [1.165, 1.54) is 12.3 Å². The quantitative estimate of drug-likeness (QED) is 0.841. The summed E-state index contributed by atoms with van der Waals surface area (Å²) in [6.07, 6.45) is 6.47. The van der Waals surface area contributed by atoms with E-state index in [0.717, 1.165) is 11.4 Å². The smallest absolute Gasteiger partial charge is 0.141 e. The standard InChI is InChI=1S/C11H13FN4/c1-13-7-11-15-2-3-16(11)8-9-4-10(12)6-14-5-9/h2-6,13H,7-8H2,1H3. The fourth-order valence-corrected chi connectivity index (χ4v) is 1.55. The fourth-order valence-electron chi connectivity index (χ4n) is 1.55. The Hall–Kier alpha value is -1.75. The summed E-state index contributed by atoms with van der Waals surface area (Å²) in [6, 6.07) is 1.48. The van der Waals surface area contributed by atoms with Crippen LogP contribution in [-0.4, -0.2) is 21.6 Å². The maximum Gasteiger partial charge on any atom is 0.141 e. The summed E-state index contributed by atoms with van der Waals surface area (Å²) >= 11 is 0. The van der Waals surface area contributed by atoms with Gasteiger partial charge in [0.25, 0.3) is 0 Å². The van der Waals surface area contributed by atoms with E-state index < -0.39 is 0 Å². The number of halogens is 1. The number of imidazole rings is 1. The Kier molecular flexibility index (Phi) is 3.26. The van der Waals surface area contributed by atoms with Crippen molar-refractivity contribution < 1.29 is 4.39 Å². The van der Waals surface area contributed by atoms with Crippen LogP contribution in [0.4, 0.5) is 4.39 Å². The zero-order valence-corrected chi connectivity index (χ0v) is 9.02. The first-order chi connectivity index (χ1) is 7.79. The Bertz CT molecular complexity index is 467. The number of hydrogen-bond donors (Lipinski definition) is 1. The molecule has 0 aliphatic carbocycles. The largest absolute Gasteiger partial charge is 0.329 e. The van der Waals surface area contributed by atoms with Gasteiger partial charge in [0, 0.05) is 18.6 Å². The molecule has 0 saturated carbocycles. The Labute approximate surface area is 93.2 Å². The minimum Gasteiger partial charge on any atom is -0.329 e. The van der Waals surface area contributed by atoms with Crippen LogP contribution in [0.5, 0.6) is 0 Å². The summed E-state index contributed by atoms with van der Waals surface area (Å²) in [5, 5.41) is 3.03. The second kappa shape index (κ2) is 4.85. The highest BCUT2D eigenvalue weighted by Crippen LogP contribution is 2.06. The Morgan fingerprint density at radius 3 is 3.06 bits per heavy atom. The summed E-state index contributed by atoms with van der Waals surface area (Å²) in [5.74, 6) is 0.611. The first-order valence-electron chi connectivity index (χ1n) is 5.03. The summed E-state index contributed by atoms with van der Waals surface area (Å²) in [7, 11) is 1.86. The summed E-state index contributed by atoms with van der Waals surface area (Å²) in [4.78, 5) is 8.03. The molecule has 0 aliphatic rings. The highest BCUT2D eigenvalue weighted by Gasteiger charge is 2.03. The van der Waals surface area contributed by atoms with Crippen molar-refractivity contribution in [3.63, 3.8) is 0 Å². The molecule has 0 saturated heterocycles. The van der Waals surface area contributed by atoms with Gasteiger partial charge in [0.15, 0.2) is 0 Å². The van der Waals surface area contributed by atoms with Crippen LogP contribution in [0.15, 0.2) is 30.9 Å². The molecule has 0 spiro atoms. The van der Waals surface area contributed by atoms with Crippen molar-refractivity contribution in [2.45, 2.75) is 13.1 Å². The van der Waals surface area contributed by atoms with Gasteiger partial charge in [0.2, 0.25) is 0 Å². The molecular formula is C11H13FN4. The third-order valence-electron chi connectivity index (χ3n) is 2.25. The average Bonchev–Trinajstić information content (AvgIpc) is 2.66. The second-order valence-corrected chi connectivity index (χ2v) is 3.51. The molecule has 16 heavy (non-hydrogen) atoms. The van der Waals surface area contributed by atoms with Gasteiger partial charge in [-0.15, -0.1) is 0 Å². The third-order valence-corrected chi connectivity index (χ3v) is 2.25. The number of nitrogens with zero attached hydrogens (tertiary/aromatic N) is 3. The highest BCUT2D eigenvalue weighted by molar-refractivity contribution is 5.11. The van der Waals surface area contributed by atoms with Gasteiger partial charge in [0.1, 0.15) is 11.6 Å². The van der Waals surface area contributed by atoms with Crippen LogP contribution in [0.1, 0.15) is 11.4 Å². The van der Waals surface area contributed by atoms with Gasteiger partial charge in [-0.2, -0.15) is 0 Å². The van der Waals surface area contributed by atoms with Crippen molar-refractivity contribution in [2.75, 3.05) is 7.05 Å². The monoisotopic (exact) mass is 220 g/mol. The molecule has 4 nitrogen and oxygen atoms in total. The van der Waals surface area contributed by atoms with Crippen molar-refractivity contribution in [3.8, 4) is 0 Å². The van der Waals surface area contributed by atoms with Crippen LogP contribution < -0.4 is 5.32 Å². The van der Waals surface area contributed by atoms with Gasteiger partial charge < -0.3 is 9.88 Å². The average molecular weight is 220 g/mol. The van der Waals surface area contributed by atoms with Crippen LogP contribution in [-0.2, 0) is 13.1 Å². The van der Waals surface area contributed by atoms with Crippen LogP contribution in [0.25, 0.3) is 0 Å². The number of hydrogen-bond acceptors (Lipinski definition) is 3. The predicted molar refractivity (Wildman–Crippen MR) is 58.3 cm³/mol. The maximum atomic E-state index is 12.9. The Morgan fingerprint density at radius 1 is 1.44 bits per heavy atom. The number of rotatable bonds is 4. The third kappa shape index (κ3) is 2.43. The number of aromatic nitrogens is 3. The van der Waals surface area contributed by atoms with Crippen molar-refractivity contribution in [3.05, 3.63) is 48.1 Å². The van der Waals surface area contributed by atoms with Gasteiger partial charge in [-0.1, -0.05) is 0 Å². The molecule has 0 fully saturated rings. The minimum absolute atomic E-state index is 0.312. The second-order valence-electron chi connectivity index (χ2n) is 3.51. The molecule has 2 heterocycles. The lowest BCUT2D eigenvalue weighted by molar-refractivity contribution is 0.613. The van der Waals surface area contributed by atoms with E-state index in [-0.39, 0.29) is 5.82 Å². The lowest BCUT2D eigenvalue weighted by atomic mass is 10.3. The van der Waals surface area contributed by atoms with E-state index in [0.29, 0.717) is 13.1 Å². The predicted octanol–water partition coefficient (Wildman–Crippen LogP) is 1.18. The molecule has 0 radical (unpaired) electrons. The van der Waals surface area contributed by atoms with E-state index >= 15 is 0 Å². The van der Waals surface area contributed by atoms with Crippen molar-refractivity contribution in [2.24, 2.45) is 0 Å². The molecular weight excluding hydrogens is 207 g/mol. The summed E-state index contributed by atoms with van der Waals surface area (Å²) < 4.78 is 14.9. The molecule has 0 bridgehead atoms. The molecule has 0 unspecified atom stereocenters. The fraction of sp³-hybridized carbons (Fsp3) is 0.273. The molecule has 84 valence electrons. The van der Waals surface area contributed by atoms with Gasteiger partial charge in [0.05, 0.1) is 19.3 Å². The topological polar surface area (TPSA) is 42.7 Å². The van der Waals surface area contributed by atoms with Gasteiger partial charge in [-0.25, -0.2) is 9.37 Å². The summed E-state index contributed by atoms with van der Waals surface area (Å²) in [5.41, 5.74) is 0.829. The first kappa shape index (κ1) is 10.8. The van der Waals surface area contributed by atoms with Crippen molar-refractivity contribution in [1.29, 1.82) is 0 Å². The first-order valence-corrected chi connectivity index (χ1v) is 5.03.